The molecule has 3 nitrogen and oxygen atoms in total. The quantitative estimate of drug-likeness (QED) is 0.676. The molecule has 0 heterocycles. The number of halogens is 1. The van der Waals surface area contributed by atoms with Gasteiger partial charge in [-0.15, -0.1) is 0 Å². The minimum Gasteiger partial charge on any atom is -0.479 e. The van der Waals surface area contributed by atoms with Crippen LogP contribution >= 0.6 is 0 Å². The Hall–Kier alpha value is -0.640. The monoisotopic (exact) mass is 164 g/mol. The van der Waals surface area contributed by atoms with Crippen molar-refractivity contribution in [1.82, 2.24) is 0 Å². The van der Waals surface area contributed by atoms with E-state index in [-0.39, 0.29) is 6.10 Å². The van der Waals surface area contributed by atoms with Crippen LogP contribution in [0.1, 0.15) is 13.8 Å². The number of carboxylic acid groups (broad SMARTS) is 1. The molecule has 0 radical (unpaired) electrons. The Bertz CT molecular complexity index is 138. The molecule has 4 heteroatoms. The van der Waals surface area contributed by atoms with Crippen LogP contribution < -0.4 is 0 Å². The van der Waals surface area contributed by atoms with Crippen LogP contribution in [0.25, 0.3) is 0 Å². The molecule has 0 aromatic heterocycles. The number of alkyl halides is 1. The summed E-state index contributed by atoms with van der Waals surface area (Å²) < 4.78 is 17.5. The average Bonchev–Trinajstić information content (AvgIpc) is 2.00. The van der Waals surface area contributed by atoms with Gasteiger partial charge < -0.3 is 9.84 Å². The number of aliphatic carboxylic acids is 1. The van der Waals surface area contributed by atoms with Crippen LogP contribution in [0, 0.1) is 5.92 Å². The number of ether oxygens (including phenoxy) is 1. The molecule has 0 saturated heterocycles. The number of carbonyl (C=O) groups is 1. The SMILES string of the molecule is COC(C)C(C)C(F)C(=O)O. The molecule has 1 N–H and O–H groups in total. The summed E-state index contributed by atoms with van der Waals surface area (Å²) >= 11 is 0. The van der Waals surface area contributed by atoms with Gasteiger partial charge in [0.05, 0.1) is 6.10 Å². The summed E-state index contributed by atoms with van der Waals surface area (Å²) in [5, 5.41) is 8.27. The standard InChI is InChI=1S/C7H13FO3/c1-4(5(2)11-3)6(8)7(9)10/h4-6H,1-3H3,(H,9,10). The van der Waals surface area contributed by atoms with E-state index in [2.05, 4.69) is 0 Å². The Morgan fingerprint density at radius 1 is 1.55 bits per heavy atom. The van der Waals surface area contributed by atoms with Crippen LogP contribution in [0.15, 0.2) is 0 Å². The lowest BCUT2D eigenvalue weighted by Crippen LogP contribution is -2.31. The highest BCUT2D eigenvalue weighted by atomic mass is 19.1. The summed E-state index contributed by atoms with van der Waals surface area (Å²) in [5.41, 5.74) is 0. The minimum absolute atomic E-state index is 0.374. The van der Waals surface area contributed by atoms with E-state index >= 15 is 0 Å². The van der Waals surface area contributed by atoms with Gasteiger partial charge in [-0.3, -0.25) is 0 Å². The molecule has 11 heavy (non-hydrogen) atoms. The number of hydrogen-bond acceptors (Lipinski definition) is 2. The first-order valence-corrected chi connectivity index (χ1v) is 3.40. The third-order valence-electron chi connectivity index (χ3n) is 1.81. The van der Waals surface area contributed by atoms with E-state index in [1.165, 1.54) is 14.0 Å². The molecule has 0 aliphatic heterocycles. The summed E-state index contributed by atoms with van der Waals surface area (Å²) in [6.45, 7) is 3.15. The zero-order valence-corrected chi connectivity index (χ0v) is 6.87. The lowest BCUT2D eigenvalue weighted by molar-refractivity contribution is -0.146. The van der Waals surface area contributed by atoms with Gasteiger partial charge in [0.2, 0.25) is 6.17 Å². The highest BCUT2D eigenvalue weighted by Crippen LogP contribution is 2.14. The van der Waals surface area contributed by atoms with Gasteiger partial charge in [0, 0.05) is 13.0 Å². The minimum atomic E-state index is -1.84. The summed E-state index contributed by atoms with van der Waals surface area (Å²) in [7, 11) is 1.43. The van der Waals surface area contributed by atoms with Gasteiger partial charge in [0.15, 0.2) is 0 Å². The van der Waals surface area contributed by atoms with E-state index in [0.29, 0.717) is 0 Å². The molecular formula is C7H13FO3. The van der Waals surface area contributed by atoms with Crippen LogP contribution in [0.4, 0.5) is 4.39 Å². The molecule has 0 aliphatic carbocycles. The van der Waals surface area contributed by atoms with Crippen LogP contribution in [0.3, 0.4) is 0 Å². The molecule has 0 spiro atoms. The highest BCUT2D eigenvalue weighted by molar-refractivity contribution is 5.72. The van der Waals surface area contributed by atoms with Crippen molar-refractivity contribution in [2.45, 2.75) is 26.1 Å². The van der Waals surface area contributed by atoms with Crippen molar-refractivity contribution in [1.29, 1.82) is 0 Å². The molecule has 0 aromatic carbocycles. The molecule has 0 amide bonds. The van der Waals surface area contributed by atoms with Crippen molar-refractivity contribution in [3.63, 3.8) is 0 Å². The number of hydrogen-bond donors (Lipinski definition) is 1. The number of rotatable bonds is 4. The van der Waals surface area contributed by atoms with E-state index in [0.717, 1.165) is 0 Å². The van der Waals surface area contributed by atoms with E-state index < -0.39 is 18.1 Å². The second-order valence-electron chi connectivity index (χ2n) is 2.54. The predicted octanol–water partition coefficient (Wildman–Crippen LogP) is 1.08. The normalized spacial score (nSPS) is 18.9. The first-order chi connectivity index (χ1) is 5.00. The fraction of sp³-hybridized carbons (Fsp3) is 0.857. The van der Waals surface area contributed by atoms with Crippen molar-refractivity contribution in [3.05, 3.63) is 0 Å². The number of methoxy groups -OCH3 is 1. The van der Waals surface area contributed by atoms with Gasteiger partial charge >= 0.3 is 5.97 Å². The number of carboxylic acids is 1. The fourth-order valence-electron chi connectivity index (χ4n) is 0.677. The largest absolute Gasteiger partial charge is 0.479 e. The summed E-state index contributed by atoms with van der Waals surface area (Å²) in [5.74, 6) is -2.04. The molecule has 66 valence electrons. The molecule has 0 aliphatic rings. The molecular weight excluding hydrogens is 151 g/mol. The Labute approximate surface area is 65.2 Å². The predicted molar refractivity (Wildman–Crippen MR) is 38.2 cm³/mol. The Morgan fingerprint density at radius 3 is 2.27 bits per heavy atom. The van der Waals surface area contributed by atoms with E-state index in [9.17, 15) is 9.18 Å². The molecule has 3 unspecified atom stereocenters. The van der Waals surface area contributed by atoms with E-state index in [1.807, 2.05) is 0 Å². The van der Waals surface area contributed by atoms with E-state index in [4.69, 9.17) is 9.84 Å². The molecule has 0 rings (SSSR count). The van der Waals surface area contributed by atoms with Crippen molar-refractivity contribution in [2.24, 2.45) is 5.92 Å². The van der Waals surface area contributed by atoms with Gasteiger partial charge in [-0.25, -0.2) is 9.18 Å². The first-order valence-electron chi connectivity index (χ1n) is 3.40. The van der Waals surface area contributed by atoms with Gasteiger partial charge in [-0.05, 0) is 6.92 Å². The molecule has 0 fully saturated rings. The molecule has 0 aromatic rings. The van der Waals surface area contributed by atoms with E-state index in [1.54, 1.807) is 6.92 Å². The molecule has 0 saturated carbocycles. The van der Waals surface area contributed by atoms with Crippen molar-refractivity contribution in [2.75, 3.05) is 7.11 Å². The maximum absolute atomic E-state index is 12.7. The maximum Gasteiger partial charge on any atom is 0.338 e. The second kappa shape index (κ2) is 4.28. The lowest BCUT2D eigenvalue weighted by atomic mass is 10.0. The summed E-state index contributed by atoms with van der Waals surface area (Å²) in [4.78, 5) is 10.1. The van der Waals surface area contributed by atoms with Gasteiger partial charge in [-0.2, -0.15) is 0 Å². The van der Waals surface area contributed by atoms with Crippen LogP contribution in [0.2, 0.25) is 0 Å². The highest BCUT2D eigenvalue weighted by Gasteiger charge is 2.28. The topological polar surface area (TPSA) is 46.5 Å². The molecule has 0 bridgehead atoms. The summed E-state index contributed by atoms with van der Waals surface area (Å²) in [6, 6.07) is 0. The third-order valence-corrected chi connectivity index (χ3v) is 1.81. The Balaban J connectivity index is 4.00. The zero-order chi connectivity index (χ0) is 9.02. The first kappa shape index (κ1) is 10.4. The fourth-order valence-corrected chi connectivity index (χ4v) is 0.677. The lowest BCUT2D eigenvalue weighted by Gasteiger charge is -2.18. The average molecular weight is 164 g/mol. The van der Waals surface area contributed by atoms with Crippen molar-refractivity contribution in [3.8, 4) is 0 Å². The van der Waals surface area contributed by atoms with Gasteiger partial charge in [0.1, 0.15) is 0 Å². The molecule has 3 atom stereocenters. The van der Waals surface area contributed by atoms with Gasteiger partial charge in [-0.1, -0.05) is 6.92 Å². The second-order valence-corrected chi connectivity index (χ2v) is 2.54. The van der Waals surface area contributed by atoms with Crippen molar-refractivity contribution >= 4 is 5.97 Å². The Kier molecular flexibility index (Phi) is 4.03. The van der Waals surface area contributed by atoms with Gasteiger partial charge in [0.25, 0.3) is 0 Å². The van der Waals surface area contributed by atoms with Crippen LogP contribution in [-0.4, -0.2) is 30.5 Å². The smallest absolute Gasteiger partial charge is 0.338 e. The third kappa shape index (κ3) is 2.84. The van der Waals surface area contributed by atoms with Crippen molar-refractivity contribution < 1.29 is 19.0 Å². The summed E-state index contributed by atoms with van der Waals surface area (Å²) in [6.07, 6.45) is -2.22. The van der Waals surface area contributed by atoms with Crippen LogP contribution in [-0.2, 0) is 9.53 Å². The van der Waals surface area contributed by atoms with Crippen LogP contribution in [0.5, 0.6) is 0 Å². The maximum atomic E-state index is 12.7. The zero-order valence-electron chi connectivity index (χ0n) is 6.87. The Morgan fingerprint density at radius 2 is 2.00 bits per heavy atom.